The lowest BCUT2D eigenvalue weighted by Gasteiger charge is -2.16. The van der Waals surface area contributed by atoms with Crippen molar-refractivity contribution in [2.75, 3.05) is 11.6 Å². The zero-order valence-electron chi connectivity index (χ0n) is 16.6. The molecule has 0 fully saturated rings. The van der Waals surface area contributed by atoms with Crippen LogP contribution < -0.4 is 5.32 Å². The number of benzene rings is 2. The third-order valence-corrected chi connectivity index (χ3v) is 8.96. The van der Waals surface area contributed by atoms with Crippen molar-refractivity contribution in [2.24, 2.45) is 0 Å². The summed E-state index contributed by atoms with van der Waals surface area (Å²) < 4.78 is 17.3. The summed E-state index contributed by atoms with van der Waals surface area (Å²) in [7, 11) is -1.66. The number of rotatable bonds is 3. The molecule has 0 aliphatic carbocycles. The highest BCUT2D eigenvalue weighted by Crippen LogP contribution is 2.50. The first-order valence-corrected chi connectivity index (χ1v) is 12.3. The van der Waals surface area contributed by atoms with Gasteiger partial charge < -0.3 is 15.0 Å². The molecule has 152 valence electrons. The van der Waals surface area contributed by atoms with Gasteiger partial charge in [0.05, 0.1) is 22.2 Å². The monoisotopic (exact) mass is 435 g/mol. The lowest BCUT2D eigenvalue weighted by Crippen LogP contribution is -2.14. The quantitative estimate of drug-likeness (QED) is 0.452. The smallest absolute Gasteiger partial charge is 0.198 e. The molecule has 3 heterocycles. The van der Waals surface area contributed by atoms with Gasteiger partial charge in [-0.2, -0.15) is 0 Å². The van der Waals surface area contributed by atoms with E-state index in [2.05, 4.69) is 23.5 Å². The SMILES string of the molecule is Cc1ccn(-c2cc(-n3cccc3)cc3c2NC(S(C)=O)=S3c2ccccc2)c1O. The lowest BCUT2D eigenvalue weighted by atomic mass is 10.2. The molecule has 1 aliphatic heterocycles. The van der Waals surface area contributed by atoms with Crippen molar-refractivity contribution in [1.82, 2.24) is 9.13 Å². The van der Waals surface area contributed by atoms with Crippen LogP contribution in [-0.4, -0.2) is 29.0 Å². The van der Waals surface area contributed by atoms with Gasteiger partial charge in [-0.15, -0.1) is 0 Å². The molecule has 2 aromatic heterocycles. The molecule has 2 atom stereocenters. The van der Waals surface area contributed by atoms with E-state index in [9.17, 15) is 9.32 Å². The average Bonchev–Trinajstić information content (AvgIpc) is 3.48. The highest BCUT2D eigenvalue weighted by Gasteiger charge is 2.28. The van der Waals surface area contributed by atoms with Crippen LogP contribution in [0.15, 0.2) is 89.0 Å². The van der Waals surface area contributed by atoms with Crippen molar-refractivity contribution in [3.05, 3.63) is 84.8 Å². The van der Waals surface area contributed by atoms with E-state index < -0.39 is 21.3 Å². The summed E-state index contributed by atoms with van der Waals surface area (Å²) >= 11 is 0. The van der Waals surface area contributed by atoms with Gasteiger partial charge in [0.15, 0.2) is 5.88 Å². The number of anilines is 1. The first-order chi connectivity index (χ1) is 14.5. The molecule has 0 radical (unpaired) electrons. The van der Waals surface area contributed by atoms with Gasteiger partial charge in [0.2, 0.25) is 0 Å². The van der Waals surface area contributed by atoms with Gasteiger partial charge >= 0.3 is 0 Å². The van der Waals surface area contributed by atoms with Crippen molar-refractivity contribution >= 4 is 31.3 Å². The minimum atomic E-state index is -1.17. The van der Waals surface area contributed by atoms with Crippen molar-refractivity contribution in [3.63, 3.8) is 0 Å². The molecule has 0 spiro atoms. The number of fused-ring (bicyclic) bond motifs is 1. The molecule has 5 rings (SSSR count). The van der Waals surface area contributed by atoms with Crippen LogP contribution in [0.1, 0.15) is 5.56 Å². The van der Waals surface area contributed by atoms with E-state index in [0.717, 1.165) is 36.7 Å². The van der Waals surface area contributed by atoms with Crippen LogP contribution in [0.25, 0.3) is 11.4 Å². The summed E-state index contributed by atoms with van der Waals surface area (Å²) in [6, 6.07) is 20.2. The van der Waals surface area contributed by atoms with E-state index in [0.29, 0.717) is 0 Å². The average molecular weight is 436 g/mol. The standard InChI is InChI=1S/C23H21N3O2S2/c1-16-10-13-26(22(16)27)19-14-17(25-11-6-7-12-25)15-20-21(19)24-23(29(2)28)30(20)18-8-4-3-5-9-18/h3-15,24,27H,1-2H3. The molecule has 30 heavy (non-hydrogen) atoms. The molecule has 1 aliphatic rings. The van der Waals surface area contributed by atoms with E-state index in [1.54, 1.807) is 10.8 Å². The minimum Gasteiger partial charge on any atom is -0.494 e. The van der Waals surface area contributed by atoms with Gasteiger partial charge in [-0.3, -0.25) is 8.78 Å². The Balaban J connectivity index is 1.82. The van der Waals surface area contributed by atoms with Crippen molar-refractivity contribution < 1.29 is 9.32 Å². The molecule has 2 unspecified atom stereocenters. The highest BCUT2D eigenvalue weighted by molar-refractivity contribution is 8.29. The van der Waals surface area contributed by atoms with Gasteiger partial charge in [0, 0.05) is 45.9 Å². The molecule has 7 heteroatoms. The van der Waals surface area contributed by atoms with E-state index >= 15 is 0 Å². The number of hydrogen-bond donors (Lipinski definition) is 2. The number of nitrogens with zero attached hydrogens (tertiary/aromatic N) is 2. The summed E-state index contributed by atoms with van der Waals surface area (Å²) in [5.74, 6) is 0.203. The van der Waals surface area contributed by atoms with Crippen LogP contribution in [0.5, 0.6) is 5.88 Å². The Morgan fingerprint density at radius 1 is 1.00 bits per heavy atom. The number of aryl methyl sites for hydroxylation is 1. The number of hydrogen-bond acceptors (Lipinski definition) is 3. The molecule has 0 saturated carbocycles. The lowest BCUT2D eigenvalue weighted by molar-refractivity contribution is 0.439. The Morgan fingerprint density at radius 2 is 1.73 bits per heavy atom. The van der Waals surface area contributed by atoms with E-state index in [1.165, 1.54) is 0 Å². The van der Waals surface area contributed by atoms with Crippen LogP contribution in [0, 0.1) is 6.92 Å². The maximum atomic E-state index is 12.7. The number of aromatic nitrogens is 2. The van der Waals surface area contributed by atoms with E-state index in [4.69, 9.17) is 0 Å². The number of nitrogens with one attached hydrogen (secondary N) is 1. The summed E-state index contributed by atoms with van der Waals surface area (Å²) in [6.45, 7) is 1.88. The predicted octanol–water partition coefficient (Wildman–Crippen LogP) is 4.86. The molecule has 5 nitrogen and oxygen atoms in total. The first-order valence-electron chi connectivity index (χ1n) is 9.50. The molecule has 0 amide bonds. The molecule has 2 aromatic carbocycles. The second-order valence-electron chi connectivity index (χ2n) is 7.11. The summed E-state index contributed by atoms with van der Waals surface area (Å²) in [6.07, 6.45) is 7.57. The fraction of sp³-hybridized carbons (Fsp3) is 0.0870. The van der Waals surface area contributed by atoms with Crippen molar-refractivity contribution in [2.45, 2.75) is 16.7 Å². The van der Waals surface area contributed by atoms with Gasteiger partial charge in [-0.25, -0.2) is 0 Å². The van der Waals surface area contributed by atoms with E-state index in [1.807, 2.05) is 72.5 Å². The fourth-order valence-electron chi connectivity index (χ4n) is 3.67. The Hall–Kier alpha value is -3.03. The van der Waals surface area contributed by atoms with Gasteiger partial charge in [-0.1, -0.05) is 28.7 Å². The van der Waals surface area contributed by atoms with E-state index in [-0.39, 0.29) is 5.88 Å². The highest BCUT2D eigenvalue weighted by atomic mass is 32.2. The summed E-state index contributed by atoms with van der Waals surface area (Å²) in [5, 5.41) is 14.1. The zero-order chi connectivity index (χ0) is 20.8. The number of aromatic hydroxyl groups is 1. The van der Waals surface area contributed by atoms with Crippen molar-refractivity contribution in [1.29, 1.82) is 0 Å². The third kappa shape index (κ3) is 3.02. The molecular weight excluding hydrogens is 414 g/mol. The molecule has 4 aromatic rings. The van der Waals surface area contributed by atoms with Crippen molar-refractivity contribution in [3.8, 4) is 17.3 Å². The maximum absolute atomic E-state index is 12.7. The molecule has 0 bridgehead atoms. The minimum absolute atomic E-state index is 0.203. The van der Waals surface area contributed by atoms with Crippen LogP contribution in [0.3, 0.4) is 0 Å². The van der Waals surface area contributed by atoms with Crippen LogP contribution in [0.2, 0.25) is 0 Å². The Morgan fingerprint density at radius 3 is 2.37 bits per heavy atom. The second kappa shape index (κ2) is 7.34. The Labute approximate surface area is 180 Å². The second-order valence-corrected chi connectivity index (χ2v) is 10.6. The summed E-state index contributed by atoms with van der Waals surface area (Å²) in [4.78, 5) is 2.18. The Kier molecular flexibility index (Phi) is 4.64. The van der Waals surface area contributed by atoms with Gasteiger partial charge in [-0.05, 0) is 49.4 Å². The zero-order valence-corrected chi connectivity index (χ0v) is 18.2. The molecule has 2 N–H and O–H groups in total. The maximum Gasteiger partial charge on any atom is 0.198 e. The molecule has 0 saturated heterocycles. The third-order valence-electron chi connectivity index (χ3n) is 5.16. The summed E-state index contributed by atoms with van der Waals surface area (Å²) in [5.41, 5.74) is 3.50. The normalized spacial score (nSPS) is 16.3. The molecular formula is C23H21N3O2S2. The largest absolute Gasteiger partial charge is 0.494 e. The fourth-order valence-corrected chi connectivity index (χ4v) is 7.31. The van der Waals surface area contributed by atoms with Crippen LogP contribution >= 0.6 is 10.5 Å². The predicted molar refractivity (Wildman–Crippen MR) is 125 cm³/mol. The van der Waals surface area contributed by atoms with Gasteiger partial charge in [0.1, 0.15) is 4.32 Å². The topological polar surface area (TPSA) is 59.2 Å². The van der Waals surface area contributed by atoms with Crippen LogP contribution in [-0.2, 0) is 10.8 Å². The van der Waals surface area contributed by atoms with Crippen LogP contribution in [0.4, 0.5) is 5.69 Å². The first kappa shape index (κ1) is 19.0. The Bertz CT molecular complexity index is 1310. The van der Waals surface area contributed by atoms with Gasteiger partial charge in [0.25, 0.3) is 0 Å².